The molecule has 0 spiro atoms. The molecule has 0 fully saturated rings. The topological polar surface area (TPSA) is 111 Å². The van der Waals surface area contributed by atoms with Gasteiger partial charge in [0.25, 0.3) is 5.91 Å². The van der Waals surface area contributed by atoms with Gasteiger partial charge in [-0.25, -0.2) is 0 Å². The maximum atomic E-state index is 11.6. The van der Waals surface area contributed by atoms with Gasteiger partial charge < -0.3 is 19.9 Å². The highest BCUT2D eigenvalue weighted by Gasteiger charge is 2.17. The maximum Gasteiger partial charge on any atom is 0.316 e. The number of anilines is 1. The maximum absolute atomic E-state index is 11.6. The lowest BCUT2D eigenvalue weighted by molar-refractivity contribution is -0.152. The molecule has 2 amide bonds. The van der Waals surface area contributed by atoms with Crippen molar-refractivity contribution in [2.24, 2.45) is 0 Å². The van der Waals surface area contributed by atoms with E-state index in [1.165, 1.54) is 6.92 Å². The van der Waals surface area contributed by atoms with E-state index in [4.69, 9.17) is 9.26 Å². The summed E-state index contributed by atoms with van der Waals surface area (Å²) in [6, 6.07) is 1.59. The zero-order valence-corrected chi connectivity index (χ0v) is 14.2. The fraction of sp³-hybridized carbons (Fsp3) is 0.571. The Labute approximate surface area is 138 Å². The Morgan fingerprint density at radius 2 is 2.13 bits per heavy atom. The van der Waals surface area contributed by atoms with Crippen LogP contribution in [-0.2, 0) is 19.1 Å². The minimum Gasteiger partial charge on any atom is -0.452 e. The van der Waals surface area contributed by atoms with E-state index in [9.17, 15) is 14.4 Å². The van der Waals surface area contributed by atoms with Gasteiger partial charge in [-0.15, -0.1) is 11.8 Å². The summed E-state index contributed by atoms with van der Waals surface area (Å²) < 4.78 is 9.80. The van der Waals surface area contributed by atoms with Crippen molar-refractivity contribution < 1.29 is 23.6 Å². The molecule has 0 saturated carbocycles. The van der Waals surface area contributed by atoms with E-state index in [0.29, 0.717) is 18.1 Å². The van der Waals surface area contributed by atoms with Crippen LogP contribution in [0.4, 0.5) is 5.82 Å². The largest absolute Gasteiger partial charge is 0.452 e. The van der Waals surface area contributed by atoms with Crippen LogP contribution in [0.25, 0.3) is 0 Å². The molecule has 2 N–H and O–H groups in total. The number of esters is 1. The second-order valence-electron chi connectivity index (χ2n) is 4.79. The highest BCUT2D eigenvalue weighted by atomic mass is 32.2. The van der Waals surface area contributed by atoms with Crippen LogP contribution >= 0.6 is 11.8 Å². The van der Waals surface area contributed by atoms with E-state index in [2.05, 4.69) is 15.8 Å². The van der Waals surface area contributed by atoms with Crippen molar-refractivity contribution in [2.45, 2.75) is 33.3 Å². The lowest BCUT2D eigenvalue weighted by Gasteiger charge is -2.12. The Balaban J connectivity index is 2.20. The molecule has 0 bridgehead atoms. The van der Waals surface area contributed by atoms with Crippen molar-refractivity contribution in [3.63, 3.8) is 0 Å². The molecule has 0 aliphatic rings. The number of carbonyl (C=O) groups excluding carboxylic acids is 3. The van der Waals surface area contributed by atoms with Crippen LogP contribution in [0.3, 0.4) is 0 Å². The Bertz CT molecular complexity index is 546. The van der Waals surface area contributed by atoms with Crippen molar-refractivity contribution in [1.82, 2.24) is 10.5 Å². The monoisotopic (exact) mass is 343 g/mol. The predicted molar refractivity (Wildman–Crippen MR) is 86.0 cm³/mol. The summed E-state index contributed by atoms with van der Waals surface area (Å²) in [5.74, 6) is -0.203. The number of aryl methyl sites for hydroxylation is 1. The number of rotatable bonds is 9. The minimum absolute atomic E-state index is 0.0172. The van der Waals surface area contributed by atoms with Gasteiger partial charge in [-0.1, -0.05) is 12.1 Å². The van der Waals surface area contributed by atoms with Crippen LogP contribution in [0, 0.1) is 6.92 Å². The van der Waals surface area contributed by atoms with Crippen molar-refractivity contribution in [1.29, 1.82) is 0 Å². The third kappa shape index (κ3) is 7.68. The SMILES string of the molecule is CCCNC(=O)C(C)OC(=O)CSCC(=O)Nc1cc(C)on1. The summed E-state index contributed by atoms with van der Waals surface area (Å²) in [6.45, 7) is 5.69. The van der Waals surface area contributed by atoms with Gasteiger partial charge in [0.15, 0.2) is 11.9 Å². The zero-order chi connectivity index (χ0) is 17.2. The van der Waals surface area contributed by atoms with E-state index in [1.807, 2.05) is 6.92 Å². The summed E-state index contributed by atoms with van der Waals surface area (Å²) in [5.41, 5.74) is 0. The number of carbonyl (C=O) groups is 3. The van der Waals surface area contributed by atoms with E-state index >= 15 is 0 Å². The van der Waals surface area contributed by atoms with Gasteiger partial charge in [0.2, 0.25) is 5.91 Å². The normalized spacial score (nSPS) is 11.6. The zero-order valence-electron chi connectivity index (χ0n) is 13.4. The van der Waals surface area contributed by atoms with E-state index in [0.717, 1.165) is 18.2 Å². The number of hydrogen-bond donors (Lipinski definition) is 2. The van der Waals surface area contributed by atoms with E-state index < -0.39 is 12.1 Å². The first-order valence-corrected chi connectivity index (χ1v) is 8.36. The molecule has 9 heteroatoms. The molecule has 0 aromatic carbocycles. The molecule has 8 nitrogen and oxygen atoms in total. The van der Waals surface area contributed by atoms with Gasteiger partial charge in [-0.2, -0.15) is 0 Å². The van der Waals surface area contributed by atoms with Crippen molar-refractivity contribution >= 4 is 35.4 Å². The average Bonchev–Trinajstić information content (AvgIpc) is 2.89. The smallest absolute Gasteiger partial charge is 0.316 e. The van der Waals surface area contributed by atoms with E-state index in [-0.39, 0.29) is 23.3 Å². The molecule has 1 heterocycles. The quantitative estimate of drug-likeness (QED) is 0.646. The Morgan fingerprint density at radius 1 is 1.39 bits per heavy atom. The number of amides is 2. The van der Waals surface area contributed by atoms with E-state index in [1.54, 1.807) is 13.0 Å². The molecule has 1 aromatic rings. The second kappa shape index (κ2) is 9.88. The van der Waals surface area contributed by atoms with Crippen molar-refractivity contribution in [3.05, 3.63) is 11.8 Å². The van der Waals surface area contributed by atoms with Gasteiger partial charge in [-0.3, -0.25) is 14.4 Å². The van der Waals surface area contributed by atoms with Crippen molar-refractivity contribution in [2.75, 3.05) is 23.4 Å². The summed E-state index contributed by atoms with van der Waals surface area (Å²) in [6.07, 6.45) is -0.0378. The number of thioether (sulfide) groups is 1. The lowest BCUT2D eigenvalue weighted by Crippen LogP contribution is -2.36. The third-order valence-corrected chi connectivity index (χ3v) is 3.48. The molecule has 1 rings (SSSR count). The first-order valence-electron chi connectivity index (χ1n) is 7.20. The lowest BCUT2D eigenvalue weighted by atomic mass is 10.3. The Hall–Kier alpha value is -2.03. The summed E-state index contributed by atoms with van der Waals surface area (Å²) in [7, 11) is 0. The predicted octanol–water partition coefficient (Wildman–Crippen LogP) is 1.11. The van der Waals surface area contributed by atoms with Crippen LogP contribution in [0.15, 0.2) is 10.6 Å². The second-order valence-corrected chi connectivity index (χ2v) is 5.77. The van der Waals surface area contributed by atoms with Crippen LogP contribution < -0.4 is 10.6 Å². The fourth-order valence-electron chi connectivity index (χ4n) is 1.51. The van der Waals surface area contributed by atoms with Crippen LogP contribution in [0.1, 0.15) is 26.0 Å². The first-order chi connectivity index (χ1) is 10.9. The number of ether oxygens (including phenoxy) is 1. The van der Waals surface area contributed by atoms with Crippen LogP contribution in [0.2, 0.25) is 0 Å². The molecule has 1 atom stereocenters. The van der Waals surface area contributed by atoms with Crippen LogP contribution in [-0.4, -0.2) is 47.1 Å². The fourth-order valence-corrected chi connectivity index (χ4v) is 2.10. The molecule has 0 aliphatic carbocycles. The Morgan fingerprint density at radius 3 is 2.74 bits per heavy atom. The molecule has 1 unspecified atom stereocenters. The standard InChI is InChI=1S/C14H21N3O5S/c1-4-5-15-14(20)10(3)21-13(19)8-23-7-12(18)16-11-6-9(2)22-17-11/h6,10H,4-5,7-8H2,1-3H3,(H,15,20)(H,16,17,18). The van der Waals surface area contributed by atoms with Crippen LogP contribution in [0.5, 0.6) is 0 Å². The summed E-state index contributed by atoms with van der Waals surface area (Å²) in [4.78, 5) is 34.8. The summed E-state index contributed by atoms with van der Waals surface area (Å²) in [5, 5.41) is 8.81. The van der Waals surface area contributed by atoms with Gasteiger partial charge in [-0.05, 0) is 20.3 Å². The molecule has 128 valence electrons. The Kier molecular flexibility index (Phi) is 8.17. The molecule has 0 radical (unpaired) electrons. The molecule has 1 aromatic heterocycles. The molecule has 23 heavy (non-hydrogen) atoms. The number of nitrogens with zero attached hydrogens (tertiary/aromatic N) is 1. The molecular formula is C14H21N3O5S. The average molecular weight is 343 g/mol. The number of nitrogens with one attached hydrogen (secondary N) is 2. The third-order valence-electron chi connectivity index (χ3n) is 2.58. The summed E-state index contributed by atoms with van der Waals surface area (Å²) >= 11 is 1.09. The highest BCUT2D eigenvalue weighted by molar-refractivity contribution is 8.00. The molecule has 0 saturated heterocycles. The highest BCUT2D eigenvalue weighted by Crippen LogP contribution is 2.09. The van der Waals surface area contributed by atoms with Gasteiger partial charge in [0, 0.05) is 12.6 Å². The minimum atomic E-state index is -0.846. The van der Waals surface area contributed by atoms with Gasteiger partial charge in [0.05, 0.1) is 11.5 Å². The van der Waals surface area contributed by atoms with Gasteiger partial charge in [0.1, 0.15) is 5.76 Å². The van der Waals surface area contributed by atoms with Gasteiger partial charge >= 0.3 is 5.97 Å². The molecule has 0 aliphatic heterocycles. The number of hydrogen-bond acceptors (Lipinski definition) is 7. The van der Waals surface area contributed by atoms with Crippen molar-refractivity contribution in [3.8, 4) is 0 Å². The molecular weight excluding hydrogens is 322 g/mol. The first kappa shape index (κ1) is 19.0. The number of aromatic nitrogens is 1.